The second-order valence-corrected chi connectivity index (χ2v) is 6.89. The van der Waals surface area contributed by atoms with Gasteiger partial charge in [-0.1, -0.05) is 12.5 Å². The van der Waals surface area contributed by atoms with Crippen LogP contribution in [0.5, 0.6) is 0 Å². The minimum absolute atomic E-state index is 0.120. The Kier molecular flexibility index (Phi) is 3.89. The Morgan fingerprint density at radius 2 is 2.16 bits per heavy atom. The minimum Gasteiger partial charge on any atom is -0.353 e. The summed E-state index contributed by atoms with van der Waals surface area (Å²) < 4.78 is 0. The highest BCUT2D eigenvalue weighted by Gasteiger charge is 2.38. The molecule has 4 heteroatoms. The first-order valence-electron chi connectivity index (χ1n) is 7.27. The van der Waals surface area contributed by atoms with Gasteiger partial charge in [-0.05, 0) is 37.1 Å². The molecule has 0 aliphatic carbocycles. The van der Waals surface area contributed by atoms with Gasteiger partial charge < -0.3 is 5.32 Å². The molecule has 3 nitrogen and oxygen atoms in total. The average molecular weight is 278 g/mol. The van der Waals surface area contributed by atoms with Crippen molar-refractivity contribution in [3.05, 3.63) is 22.4 Å². The Bertz CT molecular complexity index is 417. The molecule has 2 bridgehead atoms. The number of nitrogens with one attached hydrogen (secondary N) is 1. The van der Waals surface area contributed by atoms with E-state index in [1.54, 1.807) is 6.92 Å². The summed E-state index contributed by atoms with van der Waals surface area (Å²) in [5.41, 5.74) is 0. The standard InChI is InChI=1S/C15H22N2OS/c1-11(18)16-12-8-13-4-2-5-14(9-12)17(13)10-15-6-3-7-19-15/h3,6-7,12-14H,2,4-5,8-10H2,1H3,(H,16,18)/t12?,13-,14+. The van der Waals surface area contributed by atoms with Gasteiger partial charge in [-0.15, -0.1) is 11.3 Å². The van der Waals surface area contributed by atoms with Gasteiger partial charge in [0, 0.05) is 36.5 Å². The van der Waals surface area contributed by atoms with Crippen molar-refractivity contribution < 1.29 is 4.79 Å². The molecule has 0 aromatic carbocycles. The first-order chi connectivity index (χ1) is 9.22. The molecule has 1 aromatic heterocycles. The summed E-state index contributed by atoms with van der Waals surface area (Å²) in [4.78, 5) is 15.4. The first-order valence-corrected chi connectivity index (χ1v) is 8.15. The molecule has 3 atom stereocenters. The molecule has 104 valence electrons. The normalized spacial score (nSPS) is 31.1. The molecule has 1 aromatic rings. The molecular weight excluding hydrogens is 256 g/mol. The monoisotopic (exact) mass is 278 g/mol. The highest BCUT2D eigenvalue weighted by atomic mass is 32.1. The maximum Gasteiger partial charge on any atom is 0.217 e. The molecule has 3 rings (SSSR count). The Hall–Kier alpha value is -0.870. The summed E-state index contributed by atoms with van der Waals surface area (Å²) >= 11 is 1.86. The number of amides is 1. The predicted molar refractivity (Wildman–Crippen MR) is 78.1 cm³/mol. The van der Waals surface area contributed by atoms with Gasteiger partial charge in [-0.2, -0.15) is 0 Å². The lowest BCUT2D eigenvalue weighted by Gasteiger charge is -2.48. The van der Waals surface area contributed by atoms with Gasteiger partial charge in [0.2, 0.25) is 5.91 Å². The average Bonchev–Trinajstić information content (AvgIpc) is 2.82. The van der Waals surface area contributed by atoms with Crippen LogP contribution in [0.1, 0.15) is 43.9 Å². The Balaban J connectivity index is 1.68. The van der Waals surface area contributed by atoms with Crippen LogP contribution in [0.25, 0.3) is 0 Å². The van der Waals surface area contributed by atoms with E-state index in [1.165, 1.54) is 24.1 Å². The van der Waals surface area contributed by atoms with Crippen LogP contribution in [-0.4, -0.2) is 28.9 Å². The number of carbonyl (C=O) groups is 1. The Morgan fingerprint density at radius 3 is 2.74 bits per heavy atom. The number of thiophene rings is 1. The lowest BCUT2D eigenvalue weighted by Crippen LogP contribution is -2.56. The van der Waals surface area contributed by atoms with E-state index in [1.807, 2.05) is 11.3 Å². The number of hydrogen-bond donors (Lipinski definition) is 1. The topological polar surface area (TPSA) is 32.3 Å². The molecule has 2 aliphatic rings. The zero-order valence-electron chi connectivity index (χ0n) is 11.5. The van der Waals surface area contributed by atoms with Crippen LogP contribution in [0, 0.1) is 0 Å². The Morgan fingerprint density at radius 1 is 1.42 bits per heavy atom. The van der Waals surface area contributed by atoms with E-state index in [-0.39, 0.29) is 5.91 Å². The van der Waals surface area contributed by atoms with E-state index in [0.29, 0.717) is 18.1 Å². The summed E-state index contributed by atoms with van der Waals surface area (Å²) in [6.07, 6.45) is 6.18. The molecule has 1 unspecified atom stereocenters. The molecule has 0 spiro atoms. The van der Waals surface area contributed by atoms with Crippen LogP contribution < -0.4 is 5.32 Å². The quantitative estimate of drug-likeness (QED) is 0.922. The molecule has 0 radical (unpaired) electrons. The van der Waals surface area contributed by atoms with Crippen molar-refractivity contribution in [2.45, 2.75) is 63.7 Å². The fourth-order valence-corrected chi connectivity index (χ4v) is 4.44. The smallest absolute Gasteiger partial charge is 0.217 e. The van der Waals surface area contributed by atoms with Crippen LogP contribution in [0.15, 0.2) is 17.5 Å². The van der Waals surface area contributed by atoms with Crippen molar-refractivity contribution in [1.82, 2.24) is 10.2 Å². The third-order valence-corrected chi connectivity index (χ3v) is 5.31. The third-order valence-electron chi connectivity index (χ3n) is 4.45. The number of carbonyl (C=O) groups excluding carboxylic acids is 1. The van der Waals surface area contributed by atoms with Crippen molar-refractivity contribution in [3.8, 4) is 0 Å². The SMILES string of the molecule is CC(=O)NC1C[C@H]2CCC[C@@H](C1)N2Cc1cccs1. The number of rotatable bonds is 3. The number of fused-ring (bicyclic) bond motifs is 2. The highest BCUT2D eigenvalue weighted by Crippen LogP contribution is 2.35. The van der Waals surface area contributed by atoms with Gasteiger partial charge in [-0.3, -0.25) is 9.69 Å². The summed E-state index contributed by atoms with van der Waals surface area (Å²) in [7, 11) is 0. The second-order valence-electron chi connectivity index (χ2n) is 5.86. The van der Waals surface area contributed by atoms with E-state index >= 15 is 0 Å². The summed E-state index contributed by atoms with van der Waals surface area (Å²) in [6.45, 7) is 2.73. The molecular formula is C15H22N2OS. The number of piperidine rings is 2. The largest absolute Gasteiger partial charge is 0.353 e. The summed E-state index contributed by atoms with van der Waals surface area (Å²) in [5.74, 6) is 0.120. The van der Waals surface area contributed by atoms with Crippen molar-refractivity contribution in [2.24, 2.45) is 0 Å². The molecule has 2 saturated heterocycles. The second kappa shape index (κ2) is 5.63. The van der Waals surface area contributed by atoms with Crippen LogP contribution in [-0.2, 0) is 11.3 Å². The fourth-order valence-electron chi connectivity index (χ4n) is 3.72. The molecule has 2 aliphatic heterocycles. The fraction of sp³-hybridized carbons (Fsp3) is 0.667. The van der Waals surface area contributed by atoms with Crippen LogP contribution >= 0.6 is 11.3 Å². The molecule has 19 heavy (non-hydrogen) atoms. The molecule has 1 N–H and O–H groups in total. The van der Waals surface area contributed by atoms with E-state index in [2.05, 4.69) is 27.7 Å². The van der Waals surface area contributed by atoms with Crippen molar-refractivity contribution >= 4 is 17.2 Å². The molecule has 2 fully saturated rings. The summed E-state index contributed by atoms with van der Waals surface area (Å²) in [5, 5.41) is 5.29. The van der Waals surface area contributed by atoms with Crippen molar-refractivity contribution in [1.29, 1.82) is 0 Å². The van der Waals surface area contributed by atoms with Crippen LogP contribution in [0.4, 0.5) is 0 Å². The van der Waals surface area contributed by atoms with Gasteiger partial charge in [0.05, 0.1) is 0 Å². The van der Waals surface area contributed by atoms with Gasteiger partial charge in [0.1, 0.15) is 0 Å². The third kappa shape index (κ3) is 3.00. The number of hydrogen-bond acceptors (Lipinski definition) is 3. The van der Waals surface area contributed by atoms with E-state index in [9.17, 15) is 4.79 Å². The lowest BCUT2D eigenvalue weighted by atomic mass is 9.81. The van der Waals surface area contributed by atoms with E-state index < -0.39 is 0 Å². The maximum absolute atomic E-state index is 11.2. The molecule has 0 saturated carbocycles. The first kappa shape index (κ1) is 13.1. The van der Waals surface area contributed by atoms with Gasteiger partial charge in [-0.25, -0.2) is 0 Å². The van der Waals surface area contributed by atoms with Crippen molar-refractivity contribution in [3.63, 3.8) is 0 Å². The lowest BCUT2D eigenvalue weighted by molar-refractivity contribution is -0.120. The van der Waals surface area contributed by atoms with Gasteiger partial charge >= 0.3 is 0 Å². The summed E-state index contributed by atoms with van der Waals surface area (Å²) in [6, 6.07) is 6.09. The van der Waals surface area contributed by atoms with Gasteiger partial charge in [0.25, 0.3) is 0 Å². The Labute approximate surface area is 119 Å². The minimum atomic E-state index is 0.120. The zero-order valence-corrected chi connectivity index (χ0v) is 12.3. The van der Waals surface area contributed by atoms with Crippen molar-refractivity contribution in [2.75, 3.05) is 0 Å². The van der Waals surface area contributed by atoms with Gasteiger partial charge in [0.15, 0.2) is 0 Å². The van der Waals surface area contributed by atoms with E-state index in [0.717, 1.165) is 19.4 Å². The van der Waals surface area contributed by atoms with Crippen LogP contribution in [0.2, 0.25) is 0 Å². The van der Waals surface area contributed by atoms with Crippen LogP contribution in [0.3, 0.4) is 0 Å². The molecule has 1 amide bonds. The molecule has 3 heterocycles. The maximum atomic E-state index is 11.2. The predicted octanol–water partition coefficient (Wildman–Crippen LogP) is 2.77. The van der Waals surface area contributed by atoms with E-state index in [4.69, 9.17) is 0 Å². The number of nitrogens with zero attached hydrogens (tertiary/aromatic N) is 1. The highest BCUT2D eigenvalue weighted by molar-refractivity contribution is 7.09. The zero-order chi connectivity index (χ0) is 13.2.